The molecule has 0 saturated carbocycles. The Morgan fingerprint density at radius 1 is 1.35 bits per heavy atom. The number of benzene rings is 1. The van der Waals surface area contributed by atoms with Crippen LogP contribution in [-0.4, -0.2) is 30.3 Å². The highest BCUT2D eigenvalue weighted by atomic mass is 16.5. The molecule has 1 rings (SSSR count). The van der Waals surface area contributed by atoms with Gasteiger partial charge < -0.3 is 15.2 Å². The van der Waals surface area contributed by atoms with Crippen molar-refractivity contribution in [2.75, 3.05) is 13.2 Å². The molecule has 4 heteroatoms. The van der Waals surface area contributed by atoms with Crippen LogP contribution in [0.25, 0.3) is 0 Å². The zero-order chi connectivity index (χ0) is 12.8. The highest BCUT2D eigenvalue weighted by Gasteiger charge is 2.13. The molecule has 1 aromatic rings. The predicted molar refractivity (Wildman–Crippen MR) is 66.1 cm³/mol. The van der Waals surface area contributed by atoms with Gasteiger partial charge in [-0.15, -0.1) is 0 Å². The zero-order valence-corrected chi connectivity index (χ0v) is 10.5. The number of hydrogen-bond acceptors (Lipinski definition) is 3. The standard InChI is InChI=1S/C13H19NO3/c1-9-6-10(2)8-12(7-9)17-11(3)13(16)14-4-5-15/h6-8,11,15H,4-5H2,1-3H3,(H,14,16). The number of ether oxygens (including phenoxy) is 1. The second-order valence-electron chi connectivity index (χ2n) is 4.10. The van der Waals surface area contributed by atoms with E-state index in [1.54, 1.807) is 6.92 Å². The monoisotopic (exact) mass is 237 g/mol. The Kier molecular flexibility index (Phi) is 4.97. The Hall–Kier alpha value is -1.55. The number of aliphatic hydroxyl groups excluding tert-OH is 1. The summed E-state index contributed by atoms with van der Waals surface area (Å²) in [5, 5.41) is 11.2. The van der Waals surface area contributed by atoms with Gasteiger partial charge in [-0.1, -0.05) is 6.07 Å². The van der Waals surface area contributed by atoms with Crippen LogP contribution in [0.4, 0.5) is 0 Å². The summed E-state index contributed by atoms with van der Waals surface area (Å²) in [4.78, 5) is 11.5. The summed E-state index contributed by atoms with van der Waals surface area (Å²) in [7, 11) is 0. The SMILES string of the molecule is Cc1cc(C)cc(OC(C)C(=O)NCCO)c1. The van der Waals surface area contributed by atoms with Gasteiger partial charge in [0.25, 0.3) is 5.91 Å². The summed E-state index contributed by atoms with van der Waals surface area (Å²) in [5.41, 5.74) is 2.20. The van der Waals surface area contributed by atoms with E-state index >= 15 is 0 Å². The average Bonchev–Trinajstić information content (AvgIpc) is 2.24. The molecular weight excluding hydrogens is 218 g/mol. The summed E-state index contributed by atoms with van der Waals surface area (Å²) in [5.74, 6) is 0.465. The number of hydrogen-bond donors (Lipinski definition) is 2. The van der Waals surface area contributed by atoms with Crippen molar-refractivity contribution in [3.05, 3.63) is 29.3 Å². The average molecular weight is 237 g/mol. The molecule has 0 heterocycles. The van der Waals surface area contributed by atoms with Crippen molar-refractivity contribution in [3.63, 3.8) is 0 Å². The van der Waals surface area contributed by atoms with Gasteiger partial charge >= 0.3 is 0 Å². The van der Waals surface area contributed by atoms with Crippen LogP contribution in [-0.2, 0) is 4.79 Å². The van der Waals surface area contributed by atoms with Gasteiger partial charge in [0.15, 0.2) is 6.10 Å². The van der Waals surface area contributed by atoms with Gasteiger partial charge in [-0.05, 0) is 44.0 Å². The molecule has 1 amide bonds. The van der Waals surface area contributed by atoms with Crippen LogP contribution < -0.4 is 10.1 Å². The number of aliphatic hydroxyl groups is 1. The first-order valence-electron chi connectivity index (χ1n) is 5.66. The van der Waals surface area contributed by atoms with Gasteiger partial charge in [-0.2, -0.15) is 0 Å². The number of nitrogens with one attached hydrogen (secondary N) is 1. The van der Waals surface area contributed by atoms with Crippen molar-refractivity contribution >= 4 is 5.91 Å². The van der Waals surface area contributed by atoms with Crippen molar-refractivity contribution in [2.24, 2.45) is 0 Å². The van der Waals surface area contributed by atoms with Crippen molar-refractivity contribution in [3.8, 4) is 5.75 Å². The lowest BCUT2D eigenvalue weighted by Gasteiger charge is -2.15. The molecular formula is C13H19NO3. The quantitative estimate of drug-likeness (QED) is 0.808. The third kappa shape index (κ3) is 4.44. The number of aryl methyl sites for hydroxylation is 2. The zero-order valence-electron chi connectivity index (χ0n) is 10.5. The van der Waals surface area contributed by atoms with Gasteiger partial charge in [0.05, 0.1) is 6.61 Å². The lowest BCUT2D eigenvalue weighted by atomic mass is 10.1. The lowest BCUT2D eigenvalue weighted by Crippen LogP contribution is -2.37. The van der Waals surface area contributed by atoms with E-state index in [0.29, 0.717) is 5.75 Å². The van der Waals surface area contributed by atoms with Crippen LogP contribution in [0, 0.1) is 13.8 Å². The van der Waals surface area contributed by atoms with Crippen LogP contribution in [0.1, 0.15) is 18.1 Å². The maximum absolute atomic E-state index is 11.5. The minimum absolute atomic E-state index is 0.0674. The van der Waals surface area contributed by atoms with Crippen LogP contribution in [0.15, 0.2) is 18.2 Å². The maximum atomic E-state index is 11.5. The highest BCUT2D eigenvalue weighted by molar-refractivity contribution is 5.80. The van der Waals surface area contributed by atoms with Gasteiger partial charge in [0.2, 0.25) is 0 Å². The fraction of sp³-hybridized carbons (Fsp3) is 0.462. The molecule has 0 aliphatic rings. The first-order valence-corrected chi connectivity index (χ1v) is 5.66. The van der Waals surface area contributed by atoms with E-state index in [0.717, 1.165) is 11.1 Å². The summed E-state index contributed by atoms with van der Waals surface area (Å²) < 4.78 is 5.54. The molecule has 17 heavy (non-hydrogen) atoms. The van der Waals surface area contributed by atoms with Crippen LogP contribution >= 0.6 is 0 Å². The van der Waals surface area contributed by atoms with E-state index in [1.807, 2.05) is 32.0 Å². The van der Waals surface area contributed by atoms with E-state index in [2.05, 4.69) is 5.32 Å². The lowest BCUT2D eigenvalue weighted by molar-refractivity contribution is -0.127. The molecule has 0 bridgehead atoms. The molecule has 94 valence electrons. The Labute approximate surface area is 102 Å². The van der Waals surface area contributed by atoms with E-state index in [1.165, 1.54) is 0 Å². The molecule has 0 saturated heterocycles. The molecule has 1 aromatic carbocycles. The molecule has 0 radical (unpaired) electrons. The molecule has 1 atom stereocenters. The number of carbonyl (C=O) groups excluding carboxylic acids is 1. The third-order valence-electron chi connectivity index (χ3n) is 2.29. The van der Waals surface area contributed by atoms with Crippen LogP contribution in [0.2, 0.25) is 0 Å². The molecule has 0 spiro atoms. The summed E-state index contributed by atoms with van der Waals surface area (Å²) in [6.45, 7) is 5.83. The fourth-order valence-corrected chi connectivity index (χ4v) is 1.58. The molecule has 4 nitrogen and oxygen atoms in total. The highest BCUT2D eigenvalue weighted by Crippen LogP contribution is 2.17. The molecule has 0 aliphatic carbocycles. The van der Waals surface area contributed by atoms with Crippen molar-refractivity contribution in [2.45, 2.75) is 26.9 Å². The largest absolute Gasteiger partial charge is 0.481 e. The molecule has 0 aliphatic heterocycles. The Bertz CT molecular complexity index is 370. The Morgan fingerprint density at radius 3 is 2.47 bits per heavy atom. The minimum Gasteiger partial charge on any atom is -0.481 e. The summed E-state index contributed by atoms with van der Waals surface area (Å²) in [6.07, 6.45) is -0.567. The Morgan fingerprint density at radius 2 is 1.94 bits per heavy atom. The molecule has 0 fully saturated rings. The fourth-order valence-electron chi connectivity index (χ4n) is 1.58. The van der Waals surface area contributed by atoms with Gasteiger partial charge in [-0.3, -0.25) is 4.79 Å². The van der Waals surface area contributed by atoms with E-state index in [-0.39, 0.29) is 19.1 Å². The van der Waals surface area contributed by atoms with E-state index in [4.69, 9.17) is 9.84 Å². The molecule has 1 unspecified atom stereocenters. The Balaban J connectivity index is 2.60. The second kappa shape index (κ2) is 6.25. The number of rotatable bonds is 5. The van der Waals surface area contributed by atoms with Gasteiger partial charge in [0.1, 0.15) is 5.75 Å². The molecule has 0 aromatic heterocycles. The number of carbonyl (C=O) groups is 1. The summed E-state index contributed by atoms with van der Waals surface area (Å²) >= 11 is 0. The van der Waals surface area contributed by atoms with E-state index in [9.17, 15) is 4.79 Å². The van der Waals surface area contributed by atoms with Crippen molar-refractivity contribution in [1.82, 2.24) is 5.32 Å². The van der Waals surface area contributed by atoms with Crippen LogP contribution in [0.5, 0.6) is 5.75 Å². The van der Waals surface area contributed by atoms with E-state index < -0.39 is 6.10 Å². The predicted octanol–water partition coefficient (Wildman–Crippen LogP) is 1.18. The smallest absolute Gasteiger partial charge is 0.260 e. The maximum Gasteiger partial charge on any atom is 0.260 e. The first-order chi connectivity index (χ1) is 8.02. The van der Waals surface area contributed by atoms with Gasteiger partial charge in [0, 0.05) is 6.54 Å². The normalized spacial score (nSPS) is 12.0. The number of amides is 1. The van der Waals surface area contributed by atoms with Crippen molar-refractivity contribution in [1.29, 1.82) is 0 Å². The summed E-state index contributed by atoms with van der Waals surface area (Å²) in [6, 6.07) is 5.83. The first kappa shape index (κ1) is 13.5. The van der Waals surface area contributed by atoms with Crippen molar-refractivity contribution < 1.29 is 14.6 Å². The van der Waals surface area contributed by atoms with Crippen LogP contribution in [0.3, 0.4) is 0 Å². The topological polar surface area (TPSA) is 58.6 Å². The minimum atomic E-state index is -0.567. The third-order valence-corrected chi connectivity index (χ3v) is 2.29. The van der Waals surface area contributed by atoms with Gasteiger partial charge in [-0.25, -0.2) is 0 Å². The second-order valence-corrected chi connectivity index (χ2v) is 4.10. The molecule has 2 N–H and O–H groups in total.